The zero-order valence-electron chi connectivity index (χ0n) is 11.0. The predicted octanol–water partition coefficient (Wildman–Crippen LogP) is 1.65. The number of carbonyl (C=O) groups excluding carboxylic acids is 1. The van der Waals surface area contributed by atoms with Gasteiger partial charge in [0.05, 0.1) is 0 Å². The van der Waals surface area contributed by atoms with Crippen LogP contribution < -0.4 is 0 Å². The van der Waals surface area contributed by atoms with Crippen molar-refractivity contribution in [2.45, 2.75) is 38.1 Å². The molecule has 1 aromatic heterocycles. The van der Waals surface area contributed by atoms with Gasteiger partial charge in [0.1, 0.15) is 6.04 Å². The number of hydrogen-bond acceptors (Lipinski definition) is 3. The van der Waals surface area contributed by atoms with Crippen molar-refractivity contribution < 1.29 is 14.7 Å². The van der Waals surface area contributed by atoms with Gasteiger partial charge in [0.2, 0.25) is 5.91 Å². The minimum atomic E-state index is -0.901. The SMILES string of the molecule is C[C@H](CC(=O)N1CCC[C@H]1C(=O)O)c1ccncc1. The van der Waals surface area contributed by atoms with E-state index >= 15 is 0 Å². The second kappa shape index (κ2) is 5.82. The number of amides is 1. The second-order valence-electron chi connectivity index (χ2n) is 4.97. The molecule has 0 aliphatic carbocycles. The van der Waals surface area contributed by atoms with Crippen molar-refractivity contribution in [3.05, 3.63) is 30.1 Å². The molecule has 1 saturated heterocycles. The molecular formula is C14H18N2O3. The van der Waals surface area contributed by atoms with Gasteiger partial charge < -0.3 is 10.0 Å². The third kappa shape index (κ3) is 3.10. The summed E-state index contributed by atoms with van der Waals surface area (Å²) in [4.78, 5) is 28.7. The van der Waals surface area contributed by atoms with Crippen molar-refractivity contribution in [2.24, 2.45) is 0 Å². The largest absolute Gasteiger partial charge is 0.480 e. The molecule has 0 aromatic carbocycles. The number of nitrogens with zero attached hydrogens (tertiary/aromatic N) is 2. The molecule has 19 heavy (non-hydrogen) atoms. The maximum Gasteiger partial charge on any atom is 0.326 e. The second-order valence-corrected chi connectivity index (χ2v) is 4.97. The Morgan fingerprint density at radius 3 is 2.79 bits per heavy atom. The molecule has 1 aliphatic heterocycles. The molecule has 1 amide bonds. The summed E-state index contributed by atoms with van der Waals surface area (Å²) in [6, 6.07) is 3.13. The monoisotopic (exact) mass is 262 g/mol. The molecule has 1 aliphatic rings. The summed E-state index contributed by atoms with van der Waals surface area (Å²) in [5.41, 5.74) is 1.05. The minimum absolute atomic E-state index is 0.0746. The van der Waals surface area contributed by atoms with E-state index < -0.39 is 12.0 Å². The van der Waals surface area contributed by atoms with Crippen LogP contribution in [0.2, 0.25) is 0 Å². The van der Waals surface area contributed by atoms with Gasteiger partial charge in [-0.2, -0.15) is 0 Å². The Labute approximate surface area is 112 Å². The molecule has 2 heterocycles. The van der Waals surface area contributed by atoms with E-state index in [1.807, 2.05) is 19.1 Å². The molecule has 0 radical (unpaired) electrons. The van der Waals surface area contributed by atoms with Gasteiger partial charge in [-0.1, -0.05) is 6.92 Å². The van der Waals surface area contributed by atoms with Crippen molar-refractivity contribution in [3.8, 4) is 0 Å². The Hall–Kier alpha value is -1.91. The van der Waals surface area contributed by atoms with Crippen molar-refractivity contribution in [3.63, 3.8) is 0 Å². The van der Waals surface area contributed by atoms with Crippen LogP contribution in [0.5, 0.6) is 0 Å². The third-order valence-electron chi connectivity index (χ3n) is 3.61. The maximum absolute atomic E-state index is 12.2. The summed E-state index contributed by atoms with van der Waals surface area (Å²) in [5, 5.41) is 9.08. The Balaban J connectivity index is 1.99. The minimum Gasteiger partial charge on any atom is -0.480 e. The lowest BCUT2D eigenvalue weighted by Crippen LogP contribution is -2.40. The van der Waals surface area contributed by atoms with Crippen LogP contribution in [0.15, 0.2) is 24.5 Å². The zero-order chi connectivity index (χ0) is 13.8. The summed E-state index contributed by atoms with van der Waals surface area (Å²) >= 11 is 0. The van der Waals surface area contributed by atoms with E-state index in [0.29, 0.717) is 19.4 Å². The van der Waals surface area contributed by atoms with Crippen molar-refractivity contribution in [2.75, 3.05) is 6.54 Å². The highest BCUT2D eigenvalue weighted by Gasteiger charge is 2.34. The zero-order valence-corrected chi connectivity index (χ0v) is 11.0. The first kappa shape index (κ1) is 13.5. The third-order valence-corrected chi connectivity index (χ3v) is 3.61. The van der Waals surface area contributed by atoms with E-state index in [1.54, 1.807) is 12.4 Å². The molecule has 1 aromatic rings. The van der Waals surface area contributed by atoms with E-state index in [9.17, 15) is 9.59 Å². The number of likely N-dealkylation sites (tertiary alicyclic amines) is 1. The molecule has 5 heteroatoms. The number of aliphatic carboxylic acids is 1. The smallest absolute Gasteiger partial charge is 0.326 e. The van der Waals surface area contributed by atoms with E-state index in [1.165, 1.54) is 4.90 Å². The average molecular weight is 262 g/mol. The van der Waals surface area contributed by atoms with Crippen molar-refractivity contribution in [1.82, 2.24) is 9.88 Å². The van der Waals surface area contributed by atoms with Gasteiger partial charge in [0.15, 0.2) is 0 Å². The molecular weight excluding hydrogens is 244 g/mol. The van der Waals surface area contributed by atoms with Crippen LogP contribution in [-0.4, -0.2) is 39.5 Å². The first-order chi connectivity index (χ1) is 9.09. The normalized spacial score (nSPS) is 20.3. The van der Waals surface area contributed by atoms with Gasteiger partial charge in [-0.05, 0) is 36.5 Å². The van der Waals surface area contributed by atoms with Crippen LogP contribution in [0.4, 0.5) is 0 Å². The van der Waals surface area contributed by atoms with E-state index in [0.717, 1.165) is 12.0 Å². The van der Waals surface area contributed by atoms with Crippen LogP contribution in [0.1, 0.15) is 37.7 Å². The summed E-state index contributed by atoms with van der Waals surface area (Å²) in [6.07, 6.45) is 5.07. The van der Waals surface area contributed by atoms with Gasteiger partial charge in [-0.3, -0.25) is 9.78 Å². The van der Waals surface area contributed by atoms with Crippen molar-refractivity contribution >= 4 is 11.9 Å². The number of carbonyl (C=O) groups is 2. The standard InChI is InChI=1S/C14H18N2O3/c1-10(11-4-6-15-7-5-11)9-13(17)16-8-2-3-12(16)14(18)19/h4-7,10,12H,2-3,8-9H2,1H3,(H,18,19)/t10-,12+/m1/s1. The van der Waals surface area contributed by atoms with Gasteiger partial charge in [-0.15, -0.1) is 0 Å². The Kier molecular flexibility index (Phi) is 4.14. The van der Waals surface area contributed by atoms with Crippen LogP contribution >= 0.6 is 0 Å². The highest BCUT2D eigenvalue weighted by atomic mass is 16.4. The quantitative estimate of drug-likeness (QED) is 0.895. The van der Waals surface area contributed by atoms with Gasteiger partial charge in [-0.25, -0.2) is 4.79 Å². The lowest BCUT2D eigenvalue weighted by molar-refractivity contribution is -0.148. The highest BCUT2D eigenvalue weighted by Crippen LogP contribution is 2.23. The molecule has 1 fully saturated rings. The van der Waals surface area contributed by atoms with E-state index in [2.05, 4.69) is 4.98 Å². The number of rotatable bonds is 4. The average Bonchev–Trinajstić information content (AvgIpc) is 2.89. The molecule has 0 saturated carbocycles. The molecule has 0 spiro atoms. The number of carboxylic acid groups (broad SMARTS) is 1. The number of aromatic nitrogens is 1. The lowest BCUT2D eigenvalue weighted by atomic mass is 9.98. The molecule has 0 unspecified atom stereocenters. The summed E-state index contributed by atoms with van der Waals surface area (Å²) < 4.78 is 0. The fraction of sp³-hybridized carbons (Fsp3) is 0.500. The number of hydrogen-bond donors (Lipinski definition) is 1. The fourth-order valence-electron chi connectivity index (χ4n) is 2.51. The first-order valence-corrected chi connectivity index (χ1v) is 6.52. The molecule has 0 bridgehead atoms. The Morgan fingerprint density at radius 2 is 2.16 bits per heavy atom. The summed E-state index contributed by atoms with van der Waals surface area (Å²) in [6.45, 7) is 2.53. The summed E-state index contributed by atoms with van der Waals surface area (Å²) in [5.74, 6) is -0.901. The predicted molar refractivity (Wildman–Crippen MR) is 69.6 cm³/mol. The molecule has 1 N–H and O–H groups in total. The highest BCUT2D eigenvalue weighted by molar-refractivity contribution is 5.84. The van der Waals surface area contributed by atoms with Crippen LogP contribution in [0.3, 0.4) is 0 Å². The fourth-order valence-corrected chi connectivity index (χ4v) is 2.51. The van der Waals surface area contributed by atoms with Crippen LogP contribution in [0, 0.1) is 0 Å². The Bertz CT molecular complexity index is 461. The Morgan fingerprint density at radius 1 is 1.47 bits per heavy atom. The van der Waals surface area contributed by atoms with E-state index in [-0.39, 0.29) is 11.8 Å². The van der Waals surface area contributed by atoms with Crippen molar-refractivity contribution in [1.29, 1.82) is 0 Å². The topological polar surface area (TPSA) is 70.5 Å². The summed E-state index contributed by atoms with van der Waals surface area (Å²) in [7, 11) is 0. The lowest BCUT2D eigenvalue weighted by Gasteiger charge is -2.23. The number of carboxylic acids is 1. The van der Waals surface area contributed by atoms with E-state index in [4.69, 9.17) is 5.11 Å². The molecule has 2 rings (SSSR count). The van der Waals surface area contributed by atoms with Gasteiger partial charge >= 0.3 is 5.97 Å². The molecule has 102 valence electrons. The van der Waals surface area contributed by atoms with Crippen LogP contribution in [-0.2, 0) is 9.59 Å². The van der Waals surface area contributed by atoms with Gasteiger partial charge in [0.25, 0.3) is 0 Å². The van der Waals surface area contributed by atoms with Crippen LogP contribution in [0.25, 0.3) is 0 Å². The molecule has 2 atom stereocenters. The maximum atomic E-state index is 12.2. The number of pyridine rings is 1. The van der Waals surface area contributed by atoms with Gasteiger partial charge in [0, 0.05) is 25.4 Å². The first-order valence-electron chi connectivity index (χ1n) is 6.52. The molecule has 5 nitrogen and oxygen atoms in total.